The molecule has 27 heavy (non-hydrogen) atoms. The summed E-state index contributed by atoms with van der Waals surface area (Å²) in [6, 6.07) is 2.05. The number of nitrogens with one attached hydrogen (secondary N) is 2. The summed E-state index contributed by atoms with van der Waals surface area (Å²) < 4.78 is 10.5. The molecule has 1 aromatic rings. The lowest BCUT2D eigenvalue weighted by Gasteiger charge is -2.29. The van der Waals surface area contributed by atoms with E-state index in [9.17, 15) is 4.79 Å². The van der Waals surface area contributed by atoms with Crippen LogP contribution < -0.4 is 15.5 Å². The highest BCUT2D eigenvalue weighted by Crippen LogP contribution is 2.21. The van der Waals surface area contributed by atoms with Gasteiger partial charge in [0.05, 0.1) is 18.9 Å². The number of hydrogen-bond acceptors (Lipinski definition) is 7. The van der Waals surface area contributed by atoms with Crippen LogP contribution in [0.5, 0.6) is 0 Å². The zero-order chi connectivity index (χ0) is 18.9. The first kappa shape index (κ1) is 19.8. The Hall–Kier alpha value is -1.97. The summed E-state index contributed by atoms with van der Waals surface area (Å²) in [5, 5.41) is 15.0. The number of fused-ring (bicyclic) bond motifs is 1. The number of urea groups is 1. The number of carbonyl (C=O) groups is 1. The Kier molecular flexibility index (Phi) is 7.61. The van der Waals surface area contributed by atoms with Crippen molar-refractivity contribution in [2.75, 3.05) is 71.1 Å². The first-order chi connectivity index (χ1) is 13.3. The van der Waals surface area contributed by atoms with Crippen molar-refractivity contribution in [3.05, 3.63) is 17.3 Å². The number of hydrogen-bond donors (Lipinski definition) is 2. The summed E-state index contributed by atoms with van der Waals surface area (Å²) >= 11 is 0. The monoisotopic (exact) mass is 378 g/mol. The largest absolute Gasteiger partial charge is 0.383 e. The summed E-state index contributed by atoms with van der Waals surface area (Å²) in [6.45, 7) is 7.28. The highest BCUT2D eigenvalue weighted by molar-refractivity contribution is 5.74. The van der Waals surface area contributed by atoms with Gasteiger partial charge in [0.15, 0.2) is 5.82 Å². The van der Waals surface area contributed by atoms with E-state index in [1.807, 2.05) is 4.90 Å². The van der Waals surface area contributed by atoms with Gasteiger partial charge in [-0.25, -0.2) is 4.79 Å². The van der Waals surface area contributed by atoms with E-state index in [0.717, 1.165) is 62.7 Å². The summed E-state index contributed by atoms with van der Waals surface area (Å²) in [5.41, 5.74) is 2.08. The fraction of sp³-hybridized carbons (Fsp3) is 0.722. The molecular formula is C18H30N6O3. The number of amides is 2. The molecule has 1 fully saturated rings. The minimum atomic E-state index is -0.0317. The SMILES string of the molecule is COCCNCCNC(=O)N1CCc2nnc(N3CCCOCC3)cc2C1. The predicted molar refractivity (Wildman–Crippen MR) is 102 cm³/mol. The van der Waals surface area contributed by atoms with Crippen LogP contribution in [0.25, 0.3) is 0 Å². The predicted octanol–water partition coefficient (Wildman–Crippen LogP) is 0.00700. The van der Waals surface area contributed by atoms with Crippen LogP contribution >= 0.6 is 0 Å². The molecule has 0 aliphatic carbocycles. The number of nitrogens with zero attached hydrogens (tertiary/aromatic N) is 4. The highest BCUT2D eigenvalue weighted by Gasteiger charge is 2.23. The van der Waals surface area contributed by atoms with Crippen molar-refractivity contribution in [2.24, 2.45) is 0 Å². The third-order valence-corrected chi connectivity index (χ3v) is 4.82. The van der Waals surface area contributed by atoms with Crippen LogP contribution in [-0.2, 0) is 22.4 Å². The smallest absolute Gasteiger partial charge is 0.317 e. The van der Waals surface area contributed by atoms with Crippen molar-refractivity contribution in [1.82, 2.24) is 25.7 Å². The van der Waals surface area contributed by atoms with Crippen LogP contribution in [0.15, 0.2) is 6.07 Å². The second kappa shape index (κ2) is 10.4. The lowest BCUT2D eigenvalue weighted by atomic mass is 10.1. The molecule has 0 saturated carbocycles. The molecule has 9 heteroatoms. The van der Waals surface area contributed by atoms with Crippen LogP contribution in [0.3, 0.4) is 0 Å². The van der Waals surface area contributed by atoms with Crippen LogP contribution in [0, 0.1) is 0 Å². The number of anilines is 1. The minimum Gasteiger partial charge on any atom is -0.383 e. The van der Waals surface area contributed by atoms with Gasteiger partial charge in [-0.1, -0.05) is 0 Å². The van der Waals surface area contributed by atoms with Crippen LogP contribution in [0.1, 0.15) is 17.7 Å². The molecule has 0 radical (unpaired) electrons. The second-order valence-corrected chi connectivity index (χ2v) is 6.77. The normalized spacial score (nSPS) is 17.4. The minimum absolute atomic E-state index is 0.0317. The molecule has 9 nitrogen and oxygen atoms in total. The summed E-state index contributed by atoms with van der Waals surface area (Å²) in [7, 11) is 1.67. The molecule has 0 aromatic carbocycles. The van der Waals surface area contributed by atoms with E-state index in [1.54, 1.807) is 7.11 Å². The van der Waals surface area contributed by atoms with E-state index >= 15 is 0 Å². The highest BCUT2D eigenvalue weighted by atomic mass is 16.5. The van der Waals surface area contributed by atoms with Gasteiger partial charge in [-0.05, 0) is 18.1 Å². The summed E-state index contributed by atoms with van der Waals surface area (Å²) in [5.74, 6) is 0.879. The van der Waals surface area contributed by atoms with Crippen LogP contribution in [0.2, 0.25) is 0 Å². The fourth-order valence-corrected chi connectivity index (χ4v) is 3.29. The number of aromatic nitrogens is 2. The molecule has 2 N–H and O–H groups in total. The van der Waals surface area contributed by atoms with Crippen LogP contribution in [-0.4, -0.2) is 87.3 Å². The van der Waals surface area contributed by atoms with Crippen molar-refractivity contribution in [2.45, 2.75) is 19.4 Å². The Morgan fingerprint density at radius 1 is 1.22 bits per heavy atom. The van der Waals surface area contributed by atoms with E-state index < -0.39 is 0 Å². The topological polar surface area (TPSA) is 91.9 Å². The Morgan fingerprint density at radius 2 is 2.15 bits per heavy atom. The first-order valence-electron chi connectivity index (χ1n) is 9.68. The van der Waals surface area contributed by atoms with Crippen LogP contribution in [0.4, 0.5) is 10.6 Å². The molecule has 0 atom stereocenters. The number of methoxy groups -OCH3 is 1. The first-order valence-corrected chi connectivity index (χ1v) is 9.68. The molecular weight excluding hydrogens is 348 g/mol. The van der Waals surface area contributed by atoms with Crippen molar-refractivity contribution in [3.8, 4) is 0 Å². The van der Waals surface area contributed by atoms with E-state index in [2.05, 4.69) is 31.8 Å². The molecule has 1 aromatic heterocycles. The third-order valence-electron chi connectivity index (χ3n) is 4.82. The quantitative estimate of drug-likeness (QED) is 0.646. The molecule has 3 rings (SSSR count). The van der Waals surface area contributed by atoms with E-state index in [1.165, 1.54) is 0 Å². The molecule has 1 saturated heterocycles. The molecule has 3 heterocycles. The van der Waals surface area contributed by atoms with Crippen molar-refractivity contribution in [1.29, 1.82) is 0 Å². The zero-order valence-electron chi connectivity index (χ0n) is 16.1. The number of carbonyl (C=O) groups excluding carboxylic acids is 1. The average Bonchev–Trinajstić information content (AvgIpc) is 2.99. The molecule has 2 aliphatic heterocycles. The number of rotatable bonds is 7. The second-order valence-electron chi connectivity index (χ2n) is 6.77. The van der Waals surface area contributed by atoms with Gasteiger partial charge in [0.2, 0.25) is 0 Å². The maximum atomic E-state index is 12.4. The van der Waals surface area contributed by atoms with Gasteiger partial charge >= 0.3 is 6.03 Å². The molecule has 2 amide bonds. The van der Waals surface area contributed by atoms with E-state index in [0.29, 0.717) is 32.8 Å². The molecule has 2 aliphatic rings. The zero-order valence-corrected chi connectivity index (χ0v) is 16.1. The van der Waals surface area contributed by atoms with Crippen molar-refractivity contribution >= 4 is 11.8 Å². The molecule has 0 bridgehead atoms. The van der Waals surface area contributed by atoms with Gasteiger partial charge in [0, 0.05) is 66.0 Å². The third kappa shape index (κ3) is 5.75. The van der Waals surface area contributed by atoms with Gasteiger partial charge in [0.25, 0.3) is 0 Å². The Labute approximate surface area is 160 Å². The van der Waals surface area contributed by atoms with Gasteiger partial charge < -0.3 is 29.9 Å². The molecule has 0 spiro atoms. The fourth-order valence-electron chi connectivity index (χ4n) is 3.29. The Morgan fingerprint density at radius 3 is 3.04 bits per heavy atom. The molecule has 150 valence electrons. The Balaban J connectivity index is 1.51. The lowest BCUT2D eigenvalue weighted by Crippen LogP contribution is -2.45. The standard InChI is InChI=1S/C18H30N6O3/c1-26-11-6-19-4-5-20-18(25)24-8-3-16-15(14-24)13-17(22-21-16)23-7-2-10-27-12-9-23/h13,19H,2-12,14H2,1H3,(H,20,25). The Bertz CT molecular complexity index is 607. The van der Waals surface area contributed by atoms with Gasteiger partial charge in [-0.15, -0.1) is 5.10 Å². The van der Waals surface area contributed by atoms with E-state index in [-0.39, 0.29) is 6.03 Å². The van der Waals surface area contributed by atoms with E-state index in [4.69, 9.17) is 9.47 Å². The average molecular weight is 378 g/mol. The summed E-state index contributed by atoms with van der Waals surface area (Å²) in [6.07, 6.45) is 1.73. The summed E-state index contributed by atoms with van der Waals surface area (Å²) in [4.78, 5) is 16.5. The lowest BCUT2D eigenvalue weighted by molar-refractivity contribution is 0.152. The van der Waals surface area contributed by atoms with Crippen molar-refractivity contribution in [3.63, 3.8) is 0 Å². The number of ether oxygens (including phenoxy) is 2. The maximum absolute atomic E-state index is 12.4. The molecule has 0 unspecified atom stereocenters. The van der Waals surface area contributed by atoms with Gasteiger partial charge in [-0.3, -0.25) is 0 Å². The maximum Gasteiger partial charge on any atom is 0.317 e. The van der Waals surface area contributed by atoms with Gasteiger partial charge in [0.1, 0.15) is 0 Å². The van der Waals surface area contributed by atoms with Gasteiger partial charge in [-0.2, -0.15) is 5.10 Å². The van der Waals surface area contributed by atoms with Crippen molar-refractivity contribution < 1.29 is 14.3 Å².